The van der Waals surface area contributed by atoms with Crippen molar-refractivity contribution in [3.63, 3.8) is 0 Å². The van der Waals surface area contributed by atoms with Crippen LogP contribution in [0.2, 0.25) is 0 Å². The number of nitrogens with one attached hydrogen (secondary N) is 1. The number of amides is 1. The minimum absolute atomic E-state index is 0.370. The third-order valence-corrected chi connectivity index (χ3v) is 6.14. The molecule has 3 aromatic carbocycles. The largest absolute Gasteiger partial charge is 0.489 e. The maximum atomic E-state index is 12.3. The highest BCUT2D eigenvalue weighted by atomic mass is 32.2. The van der Waals surface area contributed by atoms with Crippen LogP contribution in [0.25, 0.3) is 0 Å². The first-order chi connectivity index (χ1) is 15.7. The van der Waals surface area contributed by atoms with Crippen LogP contribution < -0.4 is 14.5 Å². The molecule has 0 unspecified atom stereocenters. The summed E-state index contributed by atoms with van der Waals surface area (Å²) in [5, 5.41) is 3.94. The van der Waals surface area contributed by atoms with E-state index in [-0.39, 0.29) is 6.54 Å². The Morgan fingerprint density at radius 3 is 2.33 bits per heavy atom. The van der Waals surface area contributed by atoms with Crippen LogP contribution in [0.4, 0.5) is 5.69 Å². The van der Waals surface area contributed by atoms with Crippen molar-refractivity contribution < 1.29 is 17.9 Å². The molecule has 3 aromatic rings. The normalized spacial score (nSPS) is 11.4. The SMILES string of the molecule is Cc1ccc(N(CC(=O)N/N=C\c2ccc(OCc3ccccc3)cc2)S(C)(=O)=O)cc1C. The number of hydrogen-bond donors (Lipinski definition) is 1. The number of aryl methyl sites for hydroxylation is 2. The van der Waals surface area contributed by atoms with E-state index in [1.165, 1.54) is 6.21 Å². The molecule has 0 saturated heterocycles. The minimum Gasteiger partial charge on any atom is -0.489 e. The summed E-state index contributed by atoms with van der Waals surface area (Å²) in [6.45, 7) is 3.93. The van der Waals surface area contributed by atoms with Crippen LogP contribution in [0.1, 0.15) is 22.3 Å². The Morgan fingerprint density at radius 1 is 1.00 bits per heavy atom. The summed E-state index contributed by atoms with van der Waals surface area (Å²) in [5.41, 5.74) is 6.64. The third kappa shape index (κ3) is 7.18. The maximum Gasteiger partial charge on any atom is 0.260 e. The van der Waals surface area contributed by atoms with E-state index >= 15 is 0 Å². The lowest BCUT2D eigenvalue weighted by molar-refractivity contribution is -0.119. The lowest BCUT2D eigenvalue weighted by atomic mass is 10.1. The van der Waals surface area contributed by atoms with Crippen LogP contribution in [0.5, 0.6) is 5.75 Å². The second-order valence-corrected chi connectivity index (χ2v) is 9.58. The second kappa shape index (κ2) is 10.8. The van der Waals surface area contributed by atoms with Gasteiger partial charge in [-0.1, -0.05) is 36.4 Å². The first-order valence-electron chi connectivity index (χ1n) is 10.4. The molecule has 3 rings (SSSR count). The first kappa shape index (κ1) is 24.0. The van der Waals surface area contributed by atoms with Crippen molar-refractivity contribution >= 4 is 27.8 Å². The summed E-state index contributed by atoms with van der Waals surface area (Å²) in [6.07, 6.45) is 2.56. The minimum atomic E-state index is -3.64. The van der Waals surface area contributed by atoms with E-state index in [9.17, 15) is 13.2 Å². The average Bonchev–Trinajstić information content (AvgIpc) is 2.79. The molecule has 0 radical (unpaired) electrons. The number of carbonyl (C=O) groups excluding carboxylic acids is 1. The summed E-state index contributed by atoms with van der Waals surface area (Å²) < 4.78 is 31.3. The fourth-order valence-electron chi connectivity index (χ4n) is 3.02. The van der Waals surface area contributed by atoms with Crippen LogP contribution in [0.15, 0.2) is 77.9 Å². The molecule has 0 aromatic heterocycles. The molecule has 8 heteroatoms. The van der Waals surface area contributed by atoms with Crippen molar-refractivity contribution in [1.29, 1.82) is 0 Å². The zero-order valence-corrected chi connectivity index (χ0v) is 19.7. The molecule has 172 valence electrons. The molecule has 0 spiro atoms. The van der Waals surface area contributed by atoms with E-state index in [4.69, 9.17) is 4.74 Å². The molecular weight excluding hydrogens is 438 g/mol. The van der Waals surface area contributed by atoms with E-state index in [2.05, 4.69) is 10.5 Å². The van der Waals surface area contributed by atoms with E-state index in [0.717, 1.165) is 38.6 Å². The predicted molar refractivity (Wildman–Crippen MR) is 131 cm³/mol. The highest BCUT2D eigenvalue weighted by Crippen LogP contribution is 2.21. The number of ether oxygens (including phenoxy) is 1. The quantitative estimate of drug-likeness (QED) is 0.385. The van der Waals surface area contributed by atoms with Crippen molar-refractivity contribution in [2.45, 2.75) is 20.5 Å². The van der Waals surface area contributed by atoms with Gasteiger partial charge in [-0.15, -0.1) is 0 Å². The van der Waals surface area contributed by atoms with Gasteiger partial charge in [-0.05, 0) is 72.5 Å². The lowest BCUT2D eigenvalue weighted by Gasteiger charge is -2.22. The van der Waals surface area contributed by atoms with Gasteiger partial charge in [-0.3, -0.25) is 9.10 Å². The molecule has 0 atom stereocenters. The Labute approximate surface area is 194 Å². The van der Waals surface area contributed by atoms with E-state index in [1.54, 1.807) is 12.1 Å². The molecule has 0 aliphatic carbocycles. The summed E-state index contributed by atoms with van der Waals surface area (Å²) in [6, 6.07) is 22.4. The number of hydrazone groups is 1. The van der Waals surface area contributed by atoms with Crippen molar-refractivity contribution in [1.82, 2.24) is 5.43 Å². The van der Waals surface area contributed by atoms with Crippen molar-refractivity contribution in [3.05, 3.63) is 95.1 Å². The summed E-state index contributed by atoms with van der Waals surface area (Å²) >= 11 is 0. The van der Waals surface area contributed by atoms with Crippen LogP contribution in [0.3, 0.4) is 0 Å². The lowest BCUT2D eigenvalue weighted by Crippen LogP contribution is -2.39. The number of carbonyl (C=O) groups is 1. The number of anilines is 1. The maximum absolute atomic E-state index is 12.3. The van der Waals surface area contributed by atoms with Crippen molar-refractivity contribution in [3.8, 4) is 5.75 Å². The summed E-state index contributed by atoms with van der Waals surface area (Å²) in [4.78, 5) is 12.3. The number of sulfonamides is 1. The van der Waals surface area contributed by atoms with Gasteiger partial charge in [-0.2, -0.15) is 5.10 Å². The zero-order valence-electron chi connectivity index (χ0n) is 18.9. The van der Waals surface area contributed by atoms with Crippen molar-refractivity contribution in [2.75, 3.05) is 17.1 Å². The smallest absolute Gasteiger partial charge is 0.260 e. The van der Waals surface area contributed by atoms with Crippen LogP contribution in [-0.2, 0) is 21.4 Å². The Hall–Kier alpha value is -3.65. The molecule has 0 bridgehead atoms. The topological polar surface area (TPSA) is 88.1 Å². The van der Waals surface area contributed by atoms with Gasteiger partial charge in [0.25, 0.3) is 5.91 Å². The molecule has 0 saturated carbocycles. The molecule has 0 heterocycles. The van der Waals surface area contributed by atoms with Gasteiger partial charge in [0.05, 0.1) is 18.2 Å². The molecule has 1 amide bonds. The molecular formula is C25H27N3O4S. The molecule has 33 heavy (non-hydrogen) atoms. The van der Waals surface area contributed by atoms with E-state index in [1.807, 2.05) is 74.5 Å². The highest BCUT2D eigenvalue weighted by molar-refractivity contribution is 7.92. The van der Waals surface area contributed by atoms with Gasteiger partial charge in [0.1, 0.15) is 18.9 Å². The number of hydrogen-bond acceptors (Lipinski definition) is 5. The number of rotatable bonds is 9. The van der Waals surface area contributed by atoms with Crippen LogP contribution in [-0.4, -0.2) is 33.3 Å². The van der Waals surface area contributed by atoms with Crippen LogP contribution >= 0.6 is 0 Å². The molecule has 7 nitrogen and oxygen atoms in total. The van der Waals surface area contributed by atoms with Gasteiger partial charge >= 0.3 is 0 Å². The third-order valence-electron chi connectivity index (χ3n) is 5.00. The van der Waals surface area contributed by atoms with Gasteiger partial charge < -0.3 is 4.74 Å². The Morgan fingerprint density at radius 2 is 1.70 bits per heavy atom. The Bertz CT molecular complexity index is 1220. The van der Waals surface area contributed by atoms with Gasteiger partial charge in [0.15, 0.2) is 0 Å². The zero-order chi connectivity index (χ0) is 23.8. The Balaban J connectivity index is 1.56. The van der Waals surface area contributed by atoms with Gasteiger partial charge in [0, 0.05) is 0 Å². The molecule has 0 fully saturated rings. The average molecular weight is 466 g/mol. The monoisotopic (exact) mass is 465 g/mol. The molecule has 0 aliphatic heterocycles. The standard InChI is InChI=1S/C25H27N3O4S/c1-19-9-12-23(15-20(19)2)28(33(3,30)31)17-25(29)27-26-16-21-10-13-24(14-11-21)32-18-22-7-5-4-6-8-22/h4-16H,17-18H2,1-3H3,(H,27,29)/b26-16-. The van der Waals surface area contributed by atoms with Crippen molar-refractivity contribution in [2.24, 2.45) is 5.10 Å². The fraction of sp³-hybridized carbons (Fsp3) is 0.200. The molecule has 0 aliphatic rings. The number of benzene rings is 3. The van der Waals surface area contributed by atoms with E-state index in [0.29, 0.717) is 12.3 Å². The first-order valence-corrected chi connectivity index (χ1v) is 12.2. The number of nitrogens with zero attached hydrogens (tertiary/aromatic N) is 2. The molecule has 1 N–H and O–H groups in total. The highest BCUT2D eigenvalue weighted by Gasteiger charge is 2.21. The summed E-state index contributed by atoms with van der Waals surface area (Å²) in [5.74, 6) is 0.176. The predicted octanol–water partition coefficient (Wildman–Crippen LogP) is 3.80. The van der Waals surface area contributed by atoms with Crippen LogP contribution in [0, 0.1) is 13.8 Å². The summed E-state index contributed by atoms with van der Waals surface area (Å²) in [7, 11) is -3.64. The van der Waals surface area contributed by atoms with E-state index < -0.39 is 15.9 Å². The fourth-order valence-corrected chi connectivity index (χ4v) is 3.86. The Kier molecular flexibility index (Phi) is 7.84. The second-order valence-electron chi connectivity index (χ2n) is 7.67. The van der Waals surface area contributed by atoms with Gasteiger partial charge in [0.2, 0.25) is 10.0 Å². The van der Waals surface area contributed by atoms with Gasteiger partial charge in [-0.25, -0.2) is 13.8 Å².